The number of halogens is 1. The third-order valence-electron chi connectivity index (χ3n) is 5.67. The van der Waals surface area contributed by atoms with Crippen molar-refractivity contribution in [3.8, 4) is 0 Å². The van der Waals surface area contributed by atoms with E-state index in [0.717, 1.165) is 57.9 Å². The predicted octanol–water partition coefficient (Wildman–Crippen LogP) is 2.39. The van der Waals surface area contributed by atoms with E-state index in [2.05, 4.69) is 46.2 Å². The van der Waals surface area contributed by atoms with Crippen LogP contribution in [-0.2, 0) is 4.74 Å². The Kier molecular flexibility index (Phi) is 12.9. The number of rotatable bonds is 8. The van der Waals surface area contributed by atoms with Gasteiger partial charge in [-0.05, 0) is 38.6 Å². The Hall–Kier alpha value is -0.120. The van der Waals surface area contributed by atoms with E-state index >= 15 is 0 Å². The summed E-state index contributed by atoms with van der Waals surface area (Å²) >= 11 is 0. The molecule has 0 bridgehead atoms. The zero-order valence-electron chi connectivity index (χ0n) is 17.9. The zero-order valence-corrected chi connectivity index (χ0v) is 20.2. The maximum atomic E-state index is 5.52. The van der Waals surface area contributed by atoms with Crippen LogP contribution in [0.4, 0.5) is 0 Å². The summed E-state index contributed by atoms with van der Waals surface area (Å²) in [6.07, 6.45) is 5.26. The summed E-state index contributed by atoms with van der Waals surface area (Å²) in [4.78, 5) is 9.58. The molecular weight excluding hydrogens is 453 g/mol. The number of likely N-dealkylation sites (tertiary alicyclic amines) is 1. The van der Waals surface area contributed by atoms with Gasteiger partial charge in [0.2, 0.25) is 0 Å². The van der Waals surface area contributed by atoms with Crippen LogP contribution in [0.3, 0.4) is 0 Å². The highest BCUT2D eigenvalue weighted by Gasteiger charge is 2.22. The van der Waals surface area contributed by atoms with Gasteiger partial charge >= 0.3 is 0 Å². The summed E-state index contributed by atoms with van der Waals surface area (Å²) in [6, 6.07) is 1.26. The van der Waals surface area contributed by atoms with E-state index in [1.165, 1.54) is 32.2 Å². The Labute approximate surface area is 183 Å². The molecular formula is C20H42IN5O. The number of hydrogen-bond donors (Lipinski definition) is 2. The lowest BCUT2D eigenvalue weighted by molar-refractivity contribution is 0.0132. The summed E-state index contributed by atoms with van der Waals surface area (Å²) in [5, 5.41) is 7.06. The molecule has 7 heteroatoms. The van der Waals surface area contributed by atoms with Crippen molar-refractivity contribution in [2.45, 2.75) is 58.5 Å². The first-order chi connectivity index (χ1) is 12.6. The van der Waals surface area contributed by atoms with E-state index < -0.39 is 0 Å². The molecule has 2 fully saturated rings. The molecule has 2 heterocycles. The molecule has 0 aromatic carbocycles. The molecule has 0 aromatic rings. The number of nitrogens with one attached hydrogen (secondary N) is 2. The molecule has 0 amide bonds. The van der Waals surface area contributed by atoms with Crippen LogP contribution in [0.1, 0.15) is 46.5 Å². The minimum atomic E-state index is 0. The lowest BCUT2D eigenvalue weighted by atomic mass is 10.0. The number of aliphatic imine (C=N–C) groups is 1. The Morgan fingerprint density at radius 3 is 2.52 bits per heavy atom. The standard InChI is InChI=1S/C20H41N5O.HI/c1-17(2)15-19(25-11-13-26-14-12-25)16-23-20(21-4)22-8-10-24-9-6-5-7-18(24)3;/h17-19H,5-16H2,1-4H3,(H2,21,22,23);1H. The third-order valence-corrected chi connectivity index (χ3v) is 5.67. The number of nitrogens with zero attached hydrogens (tertiary/aromatic N) is 3. The van der Waals surface area contributed by atoms with E-state index in [1.54, 1.807) is 0 Å². The largest absolute Gasteiger partial charge is 0.379 e. The van der Waals surface area contributed by atoms with Crippen molar-refractivity contribution in [2.75, 3.05) is 59.5 Å². The zero-order chi connectivity index (χ0) is 18.8. The van der Waals surface area contributed by atoms with Crippen LogP contribution in [0.5, 0.6) is 0 Å². The van der Waals surface area contributed by atoms with E-state index in [-0.39, 0.29) is 24.0 Å². The van der Waals surface area contributed by atoms with Gasteiger partial charge in [-0.15, -0.1) is 24.0 Å². The molecule has 0 saturated carbocycles. The topological polar surface area (TPSA) is 52.1 Å². The van der Waals surface area contributed by atoms with Crippen molar-refractivity contribution >= 4 is 29.9 Å². The lowest BCUT2D eigenvalue weighted by Gasteiger charge is -2.36. The van der Waals surface area contributed by atoms with Crippen molar-refractivity contribution in [2.24, 2.45) is 10.9 Å². The molecule has 2 atom stereocenters. The van der Waals surface area contributed by atoms with Crippen molar-refractivity contribution in [3.63, 3.8) is 0 Å². The quantitative estimate of drug-likeness (QED) is 0.308. The van der Waals surface area contributed by atoms with Crippen molar-refractivity contribution < 1.29 is 4.74 Å². The first kappa shape index (κ1) is 24.9. The fourth-order valence-corrected chi connectivity index (χ4v) is 4.09. The average Bonchev–Trinajstić information content (AvgIpc) is 2.65. The van der Waals surface area contributed by atoms with E-state index in [0.29, 0.717) is 12.0 Å². The van der Waals surface area contributed by atoms with Gasteiger partial charge in [0.1, 0.15) is 0 Å². The van der Waals surface area contributed by atoms with Crippen molar-refractivity contribution in [1.82, 2.24) is 20.4 Å². The van der Waals surface area contributed by atoms with Gasteiger partial charge < -0.3 is 15.4 Å². The molecule has 27 heavy (non-hydrogen) atoms. The van der Waals surface area contributed by atoms with E-state index in [4.69, 9.17) is 4.74 Å². The molecule has 2 rings (SSSR count). The van der Waals surface area contributed by atoms with Gasteiger partial charge in [0.15, 0.2) is 5.96 Å². The summed E-state index contributed by atoms with van der Waals surface area (Å²) in [6.45, 7) is 15.0. The fraction of sp³-hybridized carbons (Fsp3) is 0.950. The molecule has 0 aromatic heterocycles. The number of ether oxygens (including phenoxy) is 1. The number of guanidine groups is 1. The highest BCUT2D eigenvalue weighted by Crippen LogP contribution is 2.15. The Morgan fingerprint density at radius 2 is 1.89 bits per heavy atom. The molecule has 2 saturated heterocycles. The molecule has 2 unspecified atom stereocenters. The summed E-state index contributed by atoms with van der Waals surface area (Å²) in [5.74, 6) is 1.62. The molecule has 0 radical (unpaired) electrons. The lowest BCUT2D eigenvalue weighted by Crippen LogP contribution is -2.51. The van der Waals surface area contributed by atoms with Crippen molar-refractivity contribution in [3.05, 3.63) is 0 Å². The molecule has 0 spiro atoms. The third kappa shape index (κ3) is 9.28. The minimum Gasteiger partial charge on any atom is -0.379 e. The van der Waals surface area contributed by atoms with Gasteiger partial charge in [-0.25, -0.2) is 0 Å². The summed E-state index contributed by atoms with van der Waals surface area (Å²) < 4.78 is 5.52. The van der Waals surface area contributed by atoms with E-state index in [9.17, 15) is 0 Å². The van der Waals surface area contributed by atoms with E-state index in [1.807, 2.05) is 7.05 Å². The van der Waals surface area contributed by atoms with Gasteiger partial charge in [0.25, 0.3) is 0 Å². The molecule has 2 aliphatic heterocycles. The van der Waals surface area contributed by atoms with Gasteiger partial charge in [-0.1, -0.05) is 20.3 Å². The first-order valence-electron chi connectivity index (χ1n) is 10.6. The van der Waals surface area contributed by atoms with Crippen LogP contribution < -0.4 is 10.6 Å². The van der Waals surface area contributed by atoms with Crippen LogP contribution in [0.15, 0.2) is 4.99 Å². The minimum absolute atomic E-state index is 0. The van der Waals surface area contributed by atoms with Crippen LogP contribution >= 0.6 is 24.0 Å². The van der Waals surface area contributed by atoms with Gasteiger partial charge in [0.05, 0.1) is 13.2 Å². The molecule has 160 valence electrons. The summed E-state index contributed by atoms with van der Waals surface area (Å²) in [5.41, 5.74) is 0. The predicted molar refractivity (Wildman–Crippen MR) is 125 cm³/mol. The fourth-order valence-electron chi connectivity index (χ4n) is 4.09. The van der Waals surface area contributed by atoms with Gasteiger partial charge in [-0.2, -0.15) is 0 Å². The highest BCUT2D eigenvalue weighted by atomic mass is 127. The van der Waals surface area contributed by atoms with Crippen LogP contribution in [0.2, 0.25) is 0 Å². The summed E-state index contributed by atoms with van der Waals surface area (Å²) in [7, 11) is 1.87. The molecule has 2 N–H and O–H groups in total. The second-order valence-electron chi connectivity index (χ2n) is 8.19. The number of hydrogen-bond acceptors (Lipinski definition) is 4. The smallest absolute Gasteiger partial charge is 0.191 e. The molecule has 0 aliphatic carbocycles. The monoisotopic (exact) mass is 495 g/mol. The first-order valence-corrected chi connectivity index (χ1v) is 10.6. The van der Waals surface area contributed by atoms with Gasteiger partial charge in [-0.3, -0.25) is 14.8 Å². The number of piperidine rings is 1. The maximum Gasteiger partial charge on any atom is 0.191 e. The SMILES string of the molecule is CN=C(NCCN1CCCCC1C)NCC(CC(C)C)N1CCOCC1.I. The Balaban J connectivity index is 0.00000364. The second kappa shape index (κ2) is 14.0. The van der Waals surface area contributed by atoms with Crippen LogP contribution in [-0.4, -0.2) is 87.4 Å². The van der Waals surface area contributed by atoms with Gasteiger partial charge in [0, 0.05) is 51.9 Å². The van der Waals surface area contributed by atoms with Crippen LogP contribution in [0, 0.1) is 5.92 Å². The average molecular weight is 495 g/mol. The maximum absolute atomic E-state index is 5.52. The normalized spacial score (nSPS) is 23.7. The molecule has 6 nitrogen and oxygen atoms in total. The van der Waals surface area contributed by atoms with Crippen LogP contribution in [0.25, 0.3) is 0 Å². The second-order valence-corrected chi connectivity index (χ2v) is 8.19. The molecule has 2 aliphatic rings. The number of morpholine rings is 1. The van der Waals surface area contributed by atoms with Crippen molar-refractivity contribution in [1.29, 1.82) is 0 Å². The Bertz CT molecular complexity index is 415. The highest BCUT2D eigenvalue weighted by molar-refractivity contribution is 14.0. The Morgan fingerprint density at radius 1 is 1.15 bits per heavy atom.